The maximum absolute atomic E-state index is 9.45. The van der Waals surface area contributed by atoms with E-state index in [0.29, 0.717) is 10.8 Å². The number of nitrogens with one attached hydrogen (secondary N) is 1. The number of H-pyrrole nitrogens is 1. The number of imidazole rings is 1. The van der Waals surface area contributed by atoms with Crippen LogP contribution in [0.1, 0.15) is 11.9 Å². The van der Waals surface area contributed by atoms with Gasteiger partial charge in [-0.3, -0.25) is 0 Å². The average Bonchev–Trinajstić information content (AvgIpc) is 2.59. The molecule has 14 heavy (non-hydrogen) atoms. The molecule has 0 saturated carbocycles. The van der Waals surface area contributed by atoms with Crippen LogP contribution in [0.2, 0.25) is 5.02 Å². The summed E-state index contributed by atoms with van der Waals surface area (Å²) >= 11 is 5.81. The minimum atomic E-state index is -0.749. The van der Waals surface area contributed by atoms with Crippen LogP contribution in [-0.4, -0.2) is 21.6 Å². The molecule has 4 N–H and O–H groups in total. The van der Waals surface area contributed by atoms with Gasteiger partial charge in [-0.25, -0.2) is 4.98 Å². The van der Waals surface area contributed by atoms with Crippen LogP contribution in [0, 0.1) is 0 Å². The van der Waals surface area contributed by atoms with E-state index < -0.39 is 6.10 Å². The van der Waals surface area contributed by atoms with Gasteiger partial charge in [-0.1, -0.05) is 11.6 Å². The Hall–Kier alpha value is -1.10. The van der Waals surface area contributed by atoms with Crippen LogP contribution in [-0.2, 0) is 0 Å². The molecule has 1 unspecified atom stereocenters. The van der Waals surface area contributed by atoms with Gasteiger partial charge in [0.05, 0.1) is 11.0 Å². The number of hydrogen-bond acceptors (Lipinski definition) is 3. The number of aliphatic hydroxyl groups excluding tert-OH is 1. The van der Waals surface area contributed by atoms with Gasteiger partial charge in [0.1, 0.15) is 11.9 Å². The Morgan fingerprint density at radius 3 is 3.07 bits per heavy atom. The number of nitrogens with zero attached hydrogens (tertiary/aromatic N) is 1. The maximum atomic E-state index is 9.45. The Balaban J connectivity index is 2.51. The second kappa shape index (κ2) is 3.57. The van der Waals surface area contributed by atoms with Crippen molar-refractivity contribution in [2.24, 2.45) is 5.73 Å². The molecule has 1 atom stereocenters. The molecule has 0 aliphatic carbocycles. The van der Waals surface area contributed by atoms with Crippen LogP contribution < -0.4 is 5.73 Å². The number of fused-ring (bicyclic) bond motifs is 1. The SMILES string of the molecule is NCC(O)c1nc2ccc(Cl)cc2[nH]1. The van der Waals surface area contributed by atoms with E-state index in [4.69, 9.17) is 17.3 Å². The summed E-state index contributed by atoms with van der Waals surface area (Å²) in [6.45, 7) is 0.146. The highest BCUT2D eigenvalue weighted by Gasteiger charge is 2.10. The van der Waals surface area contributed by atoms with Gasteiger partial charge in [-0.15, -0.1) is 0 Å². The molecule has 1 heterocycles. The molecule has 1 aromatic heterocycles. The Labute approximate surface area is 85.7 Å². The molecule has 0 spiro atoms. The third-order valence-corrected chi connectivity index (χ3v) is 2.24. The molecule has 0 aliphatic rings. The summed E-state index contributed by atoms with van der Waals surface area (Å²) in [5.74, 6) is 0.477. The molecule has 5 heteroatoms. The molecule has 4 nitrogen and oxygen atoms in total. The van der Waals surface area contributed by atoms with Crippen LogP contribution in [0.4, 0.5) is 0 Å². The Morgan fingerprint density at radius 2 is 2.36 bits per heavy atom. The highest BCUT2D eigenvalue weighted by atomic mass is 35.5. The fraction of sp³-hybridized carbons (Fsp3) is 0.222. The number of aromatic amines is 1. The third kappa shape index (κ3) is 1.59. The van der Waals surface area contributed by atoms with Crippen molar-refractivity contribution >= 4 is 22.6 Å². The summed E-state index contributed by atoms with van der Waals surface area (Å²) in [5.41, 5.74) is 6.90. The summed E-state index contributed by atoms with van der Waals surface area (Å²) < 4.78 is 0. The van der Waals surface area contributed by atoms with Crippen LogP contribution in [0.3, 0.4) is 0 Å². The van der Waals surface area contributed by atoms with Crippen molar-refractivity contribution in [2.75, 3.05) is 6.54 Å². The lowest BCUT2D eigenvalue weighted by Crippen LogP contribution is -2.12. The molecule has 1 aromatic carbocycles. The largest absolute Gasteiger partial charge is 0.384 e. The van der Waals surface area contributed by atoms with Gasteiger partial charge in [0, 0.05) is 11.6 Å². The first-order valence-electron chi connectivity index (χ1n) is 4.24. The number of aromatic nitrogens is 2. The number of nitrogens with two attached hydrogens (primary N) is 1. The lowest BCUT2D eigenvalue weighted by molar-refractivity contribution is 0.178. The highest BCUT2D eigenvalue weighted by molar-refractivity contribution is 6.31. The van der Waals surface area contributed by atoms with Crippen LogP contribution in [0.5, 0.6) is 0 Å². The van der Waals surface area contributed by atoms with Crippen LogP contribution >= 0.6 is 11.6 Å². The van der Waals surface area contributed by atoms with Crippen molar-refractivity contribution in [2.45, 2.75) is 6.10 Å². The number of rotatable bonds is 2. The van der Waals surface area contributed by atoms with Crippen LogP contribution in [0.15, 0.2) is 18.2 Å². The number of aliphatic hydroxyl groups is 1. The molecular weight excluding hydrogens is 202 g/mol. The van der Waals surface area contributed by atoms with E-state index >= 15 is 0 Å². The molecular formula is C9H10ClN3O. The molecule has 0 radical (unpaired) electrons. The first-order valence-corrected chi connectivity index (χ1v) is 4.62. The fourth-order valence-corrected chi connectivity index (χ4v) is 1.44. The first-order chi connectivity index (χ1) is 6.70. The van der Waals surface area contributed by atoms with Gasteiger partial charge in [-0.2, -0.15) is 0 Å². The van der Waals surface area contributed by atoms with Gasteiger partial charge in [0.25, 0.3) is 0 Å². The molecule has 0 aliphatic heterocycles. The highest BCUT2D eigenvalue weighted by Crippen LogP contribution is 2.19. The van der Waals surface area contributed by atoms with Gasteiger partial charge >= 0.3 is 0 Å². The van der Waals surface area contributed by atoms with Crippen molar-refractivity contribution in [3.05, 3.63) is 29.0 Å². The summed E-state index contributed by atoms with van der Waals surface area (Å²) in [6.07, 6.45) is -0.749. The standard InChI is InChI=1S/C9H10ClN3O/c10-5-1-2-6-7(3-5)13-9(12-6)8(14)4-11/h1-3,8,14H,4,11H2,(H,12,13). The third-order valence-electron chi connectivity index (χ3n) is 2.00. The maximum Gasteiger partial charge on any atom is 0.137 e. The second-order valence-corrected chi connectivity index (χ2v) is 3.47. The average molecular weight is 212 g/mol. The minimum absolute atomic E-state index is 0.146. The molecule has 0 fully saturated rings. The molecule has 2 aromatic rings. The van der Waals surface area contributed by atoms with Gasteiger partial charge < -0.3 is 15.8 Å². The van der Waals surface area contributed by atoms with Crippen molar-refractivity contribution in [3.8, 4) is 0 Å². The lowest BCUT2D eigenvalue weighted by Gasteiger charge is -2.01. The smallest absolute Gasteiger partial charge is 0.137 e. The number of benzene rings is 1. The van der Waals surface area contributed by atoms with Crippen molar-refractivity contribution in [1.29, 1.82) is 0 Å². The summed E-state index contributed by atoms with van der Waals surface area (Å²) in [6, 6.07) is 5.31. The number of hydrogen-bond donors (Lipinski definition) is 3. The van der Waals surface area contributed by atoms with E-state index in [1.165, 1.54) is 0 Å². The van der Waals surface area contributed by atoms with Crippen molar-refractivity contribution in [1.82, 2.24) is 9.97 Å². The zero-order valence-corrected chi connectivity index (χ0v) is 8.12. The topological polar surface area (TPSA) is 74.9 Å². The van der Waals surface area contributed by atoms with Gasteiger partial charge in [-0.05, 0) is 18.2 Å². The van der Waals surface area contributed by atoms with E-state index in [2.05, 4.69) is 9.97 Å². The summed E-state index contributed by atoms with van der Waals surface area (Å²) in [7, 11) is 0. The normalized spacial score (nSPS) is 13.4. The summed E-state index contributed by atoms with van der Waals surface area (Å²) in [4.78, 5) is 7.14. The predicted molar refractivity (Wildman–Crippen MR) is 55.1 cm³/mol. The fourth-order valence-electron chi connectivity index (χ4n) is 1.27. The van der Waals surface area contributed by atoms with E-state index in [-0.39, 0.29) is 6.54 Å². The van der Waals surface area contributed by atoms with E-state index in [1.807, 2.05) is 0 Å². The second-order valence-electron chi connectivity index (χ2n) is 3.04. The van der Waals surface area contributed by atoms with Gasteiger partial charge in [0.15, 0.2) is 0 Å². The van der Waals surface area contributed by atoms with E-state index in [0.717, 1.165) is 11.0 Å². The molecule has 0 amide bonds. The zero-order chi connectivity index (χ0) is 10.1. The molecule has 0 bridgehead atoms. The Kier molecular flexibility index (Phi) is 2.41. The van der Waals surface area contributed by atoms with Gasteiger partial charge in [0.2, 0.25) is 0 Å². The Bertz CT molecular complexity index is 454. The lowest BCUT2D eigenvalue weighted by atomic mass is 10.3. The van der Waals surface area contributed by atoms with Crippen molar-refractivity contribution < 1.29 is 5.11 Å². The van der Waals surface area contributed by atoms with E-state index in [9.17, 15) is 5.11 Å². The summed E-state index contributed by atoms with van der Waals surface area (Å²) in [5, 5.41) is 10.1. The van der Waals surface area contributed by atoms with Crippen LogP contribution in [0.25, 0.3) is 11.0 Å². The van der Waals surface area contributed by atoms with E-state index in [1.54, 1.807) is 18.2 Å². The zero-order valence-electron chi connectivity index (χ0n) is 7.37. The molecule has 2 rings (SSSR count). The Morgan fingerprint density at radius 1 is 1.57 bits per heavy atom. The minimum Gasteiger partial charge on any atom is -0.384 e. The predicted octanol–water partition coefficient (Wildman–Crippen LogP) is 1.21. The quantitative estimate of drug-likeness (QED) is 0.699. The molecule has 0 saturated heterocycles. The van der Waals surface area contributed by atoms with Crippen molar-refractivity contribution in [3.63, 3.8) is 0 Å². The molecule has 74 valence electrons. The number of halogens is 1. The monoisotopic (exact) mass is 211 g/mol. The first kappa shape index (κ1) is 9.45.